The summed E-state index contributed by atoms with van der Waals surface area (Å²) in [4.78, 5) is 0. The predicted octanol–water partition coefficient (Wildman–Crippen LogP) is 8.83. The van der Waals surface area contributed by atoms with Crippen LogP contribution in [0.4, 0.5) is 0 Å². The second kappa shape index (κ2) is 16.9. The minimum absolute atomic E-state index is 1.12. The summed E-state index contributed by atoms with van der Waals surface area (Å²) in [5.41, 5.74) is 5.64. The van der Waals surface area contributed by atoms with Gasteiger partial charge in [0.2, 0.25) is 0 Å². The fourth-order valence-corrected chi connectivity index (χ4v) is 5.66. The quantitative estimate of drug-likeness (QED) is 0.149. The van der Waals surface area contributed by atoms with Crippen molar-refractivity contribution >= 4 is 0 Å². The van der Waals surface area contributed by atoms with Crippen LogP contribution in [0.15, 0.2) is 36.7 Å². The van der Waals surface area contributed by atoms with E-state index in [0.717, 1.165) is 13.1 Å². The second-order valence-electron chi connectivity index (χ2n) is 11.2. The van der Waals surface area contributed by atoms with E-state index >= 15 is 0 Å². The van der Waals surface area contributed by atoms with Crippen molar-refractivity contribution in [3.05, 3.63) is 47.8 Å². The van der Waals surface area contributed by atoms with Gasteiger partial charge in [-0.25, -0.2) is 0 Å². The van der Waals surface area contributed by atoms with Crippen LogP contribution in [0, 0.1) is 6.92 Å². The lowest BCUT2D eigenvalue weighted by atomic mass is 10.0. The molecule has 0 N–H and O–H groups in total. The summed E-state index contributed by atoms with van der Waals surface area (Å²) in [6.45, 7) is 6.74. The summed E-state index contributed by atoms with van der Waals surface area (Å²) < 4.78 is 4.89. The third kappa shape index (κ3) is 10.4. The van der Waals surface area contributed by atoms with Crippen molar-refractivity contribution in [2.24, 2.45) is 0 Å². The van der Waals surface area contributed by atoms with E-state index in [9.17, 15) is 0 Å². The van der Waals surface area contributed by atoms with Crippen LogP contribution in [-0.2, 0) is 19.5 Å². The van der Waals surface area contributed by atoms with Gasteiger partial charge in [0.1, 0.15) is 0 Å². The molecule has 3 heterocycles. The molecule has 0 fully saturated rings. The summed E-state index contributed by atoms with van der Waals surface area (Å²) in [5.74, 6) is 0. The number of hydrogen-bond donors (Lipinski definition) is 0. The molecule has 1 aliphatic rings. The highest BCUT2D eigenvalue weighted by Crippen LogP contribution is 2.19. The van der Waals surface area contributed by atoms with Gasteiger partial charge in [-0.3, -0.25) is 0 Å². The Morgan fingerprint density at radius 1 is 0.571 bits per heavy atom. The minimum Gasteiger partial charge on any atom is -0.193 e. The normalized spacial score (nSPS) is 12.9. The van der Waals surface area contributed by atoms with Crippen molar-refractivity contribution in [2.75, 3.05) is 0 Å². The summed E-state index contributed by atoms with van der Waals surface area (Å²) in [5, 5.41) is 0. The van der Waals surface area contributed by atoms with Crippen molar-refractivity contribution < 1.29 is 9.13 Å². The summed E-state index contributed by atoms with van der Waals surface area (Å²) in [6, 6.07) is 9.42. The zero-order valence-electron chi connectivity index (χ0n) is 23.2. The Morgan fingerprint density at radius 2 is 1.03 bits per heavy atom. The van der Waals surface area contributed by atoms with Gasteiger partial charge < -0.3 is 0 Å². The molecule has 194 valence electrons. The van der Waals surface area contributed by atoms with Crippen LogP contribution in [0.1, 0.15) is 134 Å². The monoisotopic (exact) mass is 478 g/mol. The second-order valence-corrected chi connectivity index (χ2v) is 11.2. The van der Waals surface area contributed by atoms with E-state index in [1.807, 2.05) is 0 Å². The summed E-state index contributed by atoms with van der Waals surface area (Å²) >= 11 is 0. The highest BCUT2D eigenvalue weighted by Gasteiger charge is 2.27. The number of pyridine rings is 2. The largest absolute Gasteiger partial charge is 0.277 e. The molecule has 2 heteroatoms. The van der Waals surface area contributed by atoms with Crippen LogP contribution in [0.2, 0.25) is 0 Å². The average molecular weight is 479 g/mol. The fraction of sp³-hybridized carbons (Fsp3) is 0.697. The molecule has 0 amide bonds. The van der Waals surface area contributed by atoms with E-state index in [-0.39, 0.29) is 0 Å². The number of unbranched alkanes of at least 4 members (excludes halogenated alkanes) is 16. The molecular formula is C33H54N2+2. The van der Waals surface area contributed by atoms with Crippen LogP contribution < -0.4 is 9.13 Å². The number of aromatic nitrogens is 2. The van der Waals surface area contributed by atoms with Gasteiger partial charge in [0.25, 0.3) is 11.4 Å². The van der Waals surface area contributed by atoms with Crippen LogP contribution in [-0.4, -0.2) is 0 Å². The molecule has 0 saturated carbocycles. The van der Waals surface area contributed by atoms with Crippen LogP contribution in [0.3, 0.4) is 0 Å². The molecule has 0 saturated heterocycles. The Labute approximate surface area is 217 Å². The van der Waals surface area contributed by atoms with Gasteiger partial charge >= 0.3 is 0 Å². The molecule has 0 spiro atoms. The van der Waals surface area contributed by atoms with Gasteiger partial charge in [-0.05, 0) is 30.9 Å². The van der Waals surface area contributed by atoms with Crippen LogP contribution >= 0.6 is 0 Å². The highest BCUT2D eigenvalue weighted by molar-refractivity contribution is 5.49. The van der Waals surface area contributed by atoms with E-state index in [2.05, 4.69) is 59.6 Å². The molecule has 0 atom stereocenters. The Balaban J connectivity index is 1.21. The van der Waals surface area contributed by atoms with Gasteiger partial charge in [-0.15, -0.1) is 0 Å². The maximum atomic E-state index is 2.46. The molecule has 0 unspecified atom stereocenters. The molecule has 2 aromatic rings. The Bertz CT molecular complexity index is 841. The molecule has 1 aliphatic heterocycles. The number of aryl methyl sites for hydroxylation is 4. The first-order valence-corrected chi connectivity index (χ1v) is 15.3. The predicted molar refractivity (Wildman–Crippen MR) is 149 cm³/mol. The minimum atomic E-state index is 1.12. The Kier molecular flexibility index (Phi) is 13.4. The van der Waals surface area contributed by atoms with E-state index in [0.29, 0.717) is 0 Å². The van der Waals surface area contributed by atoms with Crippen molar-refractivity contribution in [1.82, 2.24) is 0 Å². The molecule has 0 aromatic carbocycles. The van der Waals surface area contributed by atoms with Crippen molar-refractivity contribution in [2.45, 2.75) is 149 Å². The maximum absolute atomic E-state index is 2.46. The molecule has 3 rings (SSSR count). The van der Waals surface area contributed by atoms with Gasteiger partial charge in [0, 0.05) is 24.3 Å². The molecule has 0 bridgehead atoms. The van der Waals surface area contributed by atoms with Crippen molar-refractivity contribution in [3.63, 3.8) is 0 Å². The zero-order chi connectivity index (χ0) is 24.6. The molecule has 2 nitrogen and oxygen atoms in total. The van der Waals surface area contributed by atoms with Crippen LogP contribution in [0.5, 0.6) is 0 Å². The first kappa shape index (κ1) is 27.9. The number of rotatable bonds is 18. The lowest BCUT2D eigenvalue weighted by Gasteiger charge is -2.05. The van der Waals surface area contributed by atoms with E-state index in [1.54, 1.807) is 0 Å². The van der Waals surface area contributed by atoms with Gasteiger partial charge in [-0.2, -0.15) is 9.13 Å². The first-order valence-electron chi connectivity index (χ1n) is 15.3. The smallest absolute Gasteiger partial charge is 0.193 e. The Hall–Kier alpha value is -1.70. The summed E-state index contributed by atoms with van der Waals surface area (Å²) in [7, 11) is 0. The first-order chi connectivity index (χ1) is 17.3. The Morgan fingerprint density at radius 3 is 1.57 bits per heavy atom. The number of fused-ring (bicyclic) bond motifs is 3. The molecule has 2 aromatic heterocycles. The molecule has 35 heavy (non-hydrogen) atoms. The van der Waals surface area contributed by atoms with Gasteiger partial charge in [0.05, 0.1) is 6.42 Å². The zero-order valence-corrected chi connectivity index (χ0v) is 23.2. The van der Waals surface area contributed by atoms with E-state index in [1.165, 1.54) is 145 Å². The highest BCUT2D eigenvalue weighted by atomic mass is 15.1. The van der Waals surface area contributed by atoms with Gasteiger partial charge in [-0.1, -0.05) is 110 Å². The summed E-state index contributed by atoms with van der Waals surface area (Å²) in [6.07, 6.45) is 31.5. The average Bonchev–Trinajstić information content (AvgIpc) is 3.04. The van der Waals surface area contributed by atoms with Crippen LogP contribution in [0.25, 0.3) is 11.4 Å². The number of nitrogens with zero attached hydrogens (tertiary/aromatic N) is 2. The topological polar surface area (TPSA) is 7.76 Å². The molecular weight excluding hydrogens is 424 g/mol. The van der Waals surface area contributed by atoms with Crippen molar-refractivity contribution in [3.8, 4) is 11.4 Å². The third-order valence-electron chi connectivity index (χ3n) is 7.92. The lowest BCUT2D eigenvalue weighted by molar-refractivity contribution is -0.688. The van der Waals surface area contributed by atoms with Gasteiger partial charge in [0.15, 0.2) is 25.5 Å². The molecule has 0 aliphatic carbocycles. The fourth-order valence-electron chi connectivity index (χ4n) is 5.66. The SMILES string of the molecule is CCCCCCCCCCCCCCCCCCCc1cc[n+]2c(c1)-c1cc(C)cc[n+]1CCC2. The number of hydrogen-bond acceptors (Lipinski definition) is 0. The van der Waals surface area contributed by atoms with Crippen molar-refractivity contribution in [1.29, 1.82) is 0 Å². The van der Waals surface area contributed by atoms with E-state index < -0.39 is 0 Å². The molecule has 0 radical (unpaired) electrons. The van der Waals surface area contributed by atoms with E-state index in [4.69, 9.17) is 0 Å². The standard InChI is InChI=1S/C33H54N2/c1-3-4-5-6-7-8-9-10-11-12-13-14-15-16-17-18-19-21-31-23-27-35-25-20-24-34-26-22-30(2)28-32(34)33(35)29-31/h22-23,26-29H,3-21,24-25H2,1-2H3/q+2. The third-order valence-corrected chi connectivity index (χ3v) is 7.92. The maximum Gasteiger partial charge on any atom is 0.277 e. The lowest BCUT2D eigenvalue weighted by Crippen LogP contribution is -2.37.